The zero-order valence-electron chi connectivity index (χ0n) is 24.6. The largest absolute Gasteiger partial charge is 0.490 e. The van der Waals surface area contributed by atoms with E-state index in [0.29, 0.717) is 33.4 Å². The summed E-state index contributed by atoms with van der Waals surface area (Å²) in [6.07, 6.45) is 1.24. The van der Waals surface area contributed by atoms with Crippen molar-refractivity contribution in [1.29, 1.82) is 0 Å². The number of hydrogen-bond donors (Lipinski definition) is 1. The second kappa shape index (κ2) is 14.7. The van der Waals surface area contributed by atoms with Crippen LogP contribution in [-0.4, -0.2) is 33.7 Å². The molecule has 0 aliphatic heterocycles. The van der Waals surface area contributed by atoms with Crippen molar-refractivity contribution in [3.05, 3.63) is 88.4 Å². The molecule has 45 heavy (non-hydrogen) atoms. The lowest BCUT2D eigenvalue weighted by Crippen LogP contribution is -2.26. The molecule has 0 bridgehead atoms. The van der Waals surface area contributed by atoms with E-state index in [1.807, 2.05) is 44.2 Å². The Morgan fingerprint density at radius 2 is 1.58 bits per heavy atom. The maximum absolute atomic E-state index is 15.5. The molecule has 1 aliphatic rings. The van der Waals surface area contributed by atoms with Gasteiger partial charge in [-0.25, -0.2) is 13.8 Å². The Bertz CT molecular complexity index is 1640. The number of benzene rings is 3. The number of pyridine rings is 1. The molecule has 6 nitrogen and oxygen atoms in total. The highest BCUT2D eigenvalue weighted by molar-refractivity contribution is 7.99. The summed E-state index contributed by atoms with van der Waals surface area (Å²) >= 11 is 14.5. The van der Waals surface area contributed by atoms with E-state index < -0.39 is 30.3 Å². The molecular weight excluding hydrogens is 643 g/mol. The number of carbonyl (C=O) groups is 1. The van der Waals surface area contributed by atoms with Gasteiger partial charge in [0.2, 0.25) is 6.29 Å². The average Bonchev–Trinajstić information content (AvgIpc) is 2.96. The van der Waals surface area contributed by atoms with Crippen LogP contribution in [0.1, 0.15) is 46.0 Å². The van der Waals surface area contributed by atoms with Gasteiger partial charge in [0.05, 0.1) is 33.3 Å². The van der Waals surface area contributed by atoms with Crippen LogP contribution in [0.5, 0.6) is 17.2 Å². The molecule has 1 aromatic heterocycles. The van der Waals surface area contributed by atoms with Gasteiger partial charge in [0, 0.05) is 17.2 Å². The summed E-state index contributed by atoms with van der Waals surface area (Å²) in [5.41, 5.74) is 2.11. The van der Waals surface area contributed by atoms with Crippen LogP contribution in [0.4, 0.5) is 8.78 Å². The van der Waals surface area contributed by atoms with Gasteiger partial charge in [-0.3, -0.25) is 4.79 Å². The summed E-state index contributed by atoms with van der Waals surface area (Å²) in [4.78, 5) is 15.9. The minimum absolute atomic E-state index is 0.0774. The summed E-state index contributed by atoms with van der Waals surface area (Å²) in [5.74, 6) is -2.84. The Balaban J connectivity index is 1.37. The van der Waals surface area contributed by atoms with Crippen LogP contribution in [0.15, 0.2) is 71.8 Å². The number of rotatable bonds is 13. The number of aliphatic carboxylic acids is 1. The monoisotopic (exact) mass is 673 g/mol. The summed E-state index contributed by atoms with van der Waals surface area (Å²) in [7, 11) is 0. The minimum Gasteiger partial charge on any atom is -0.490 e. The van der Waals surface area contributed by atoms with E-state index in [-0.39, 0.29) is 34.1 Å². The van der Waals surface area contributed by atoms with Gasteiger partial charge >= 0.3 is 5.97 Å². The number of carboxylic acids is 1. The molecule has 0 radical (unpaired) electrons. The van der Waals surface area contributed by atoms with Gasteiger partial charge in [-0.1, -0.05) is 55.2 Å². The van der Waals surface area contributed by atoms with E-state index in [1.165, 1.54) is 24.3 Å². The van der Waals surface area contributed by atoms with Crippen LogP contribution in [0.3, 0.4) is 0 Å². The fourth-order valence-corrected chi connectivity index (χ4v) is 5.91. The first-order valence-electron chi connectivity index (χ1n) is 14.5. The highest BCUT2D eigenvalue weighted by Crippen LogP contribution is 2.38. The van der Waals surface area contributed by atoms with Crippen molar-refractivity contribution in [2.24, 2.45) is 0 Å². The van der Waals surface area contributed by atoms with Crippen LogP contribution >= 0.6 is 35.0 Å². The summed E-state index contributed by atoms with van der Waals surface area (Å²) in [5, 5.41) is 10.2. The molecule has 1 N–H and O–H groups in total. The van der Waals surface area contributed by atoms with Crippen molar-refractivity contribution in [2.75, 3.05) is 0 Å². The fraction of sp³-hybridized carbons (Fsp3) is 0.294. The fourth-order valence-electron chi connectivity index (χ4n) is 4.62. The predicted molar refractivity (Wildman–Crippen MR) is 173 cm³/mol. The molecule has 3 aromatic carbocycles. The number of carboxylic acid groups (broad SMARTS) is 1. The molecule has 4 aromatic rings. The van der Waals surface area contributed by atoms with E-state index in [9.17, 15) is 9.90 Å². The van der Waals surface area contributed by atoms with Gasteiger partial charge in [-0.2, -0.15) is 0 Å². The Morgan fingerprint density at radius 1 is 0.933 bits per heavy atom. The molecule has 0 spiro atoms. The van der Waals surface area contributed by atoms with E-state index in [2.05, 4.69) is 4.98 Å². The Labute approximate surface area is 274 Å². The van der Waals surface area contributed by atoms with Crippen molar-refractivity contribution in [3.8, 4) is 39.6 Å². The van der Waals surface area contributed by atoms with Gasteiger partial charge in [-0.05, 0) is 78.9 Å². The lowest BCUT2D eigenvalue weighted by molar-refractivity contribution is -0.138. The molecule has 236 valence electrons. The van der Waals surface area contributed by atoms with E-state index in [1.54, 1.807) is 23.9 Å². The van der Waals surface area contributed by atoms with E-state index in [0.717, 1.165) is 24.3 Å². The SMILES string of the molecule is CC(C)Sc1cccc(-c2cc(F)c(OC(CCC(=O)O)Oc3c(F)cc(-c4cccc(OC5CCC5)c4)cc3Cl)c(Cl)c2)n1. The van der Waals surface area contributed by atoms with Crippen molar-refractivity contribution in [2.45, 2.75) is 68.6 Å². The Morgan fingerprint density at radius 3 is 2.18 bits per heavy atom. The lowest BCUT2D eigenvalue weighted by Gasteiger charge is -2.26. The minimum atomic E-state index is -1.43. The smallest absolute Gasteiger partial charge is 0.303 e. The third kappa shape index (κ3) is 8.60. The molecule has 1 aliphatic carbocycles. The number of ether oxygens (including phenoxy) is 3. The number of hydrogen-bond acceptors (Lipinski definition) is 6. The van der Waals surface area contributed by atoms with Crippen molar-refractivity contribution in [1.82, 2.24) is 4.98 Å². The summed E-state index contributed by atoms with van der Waals surface area (Å²) < 4.78 is 48.3. The first-order chi connectivity index (χ1) is 21.5. The third-order valence-electron chi connectivity index (χ3n) is 6.99. The maximum atomic E-state index is 15.5. The van der Waals surface area contributed by atoms with Gasteiger partial charge in [-0.15, -0.1) is 11.8 Å². The standard InChI is InChI=1S/C34H31Cl2F2NO5S/c1-19(2)45-30-11-5-10-29(39-30)22-16-26(36)34(28(38)18-22)44-32(13-12-31(40)41)43-33-25(35)15-21(17-27(33)37)20-6-3-9-24(14-20)42-23-7-4-8-23/h3,5-6,9-11,14-19,23,32H,4,7-8,12-13H2,1-2H3,(H,40,41). The lowest BCUT2D eigenvalue weighted by atomic mass is 9.96. The first-order valence-corrected chi connectivity index (χ1v) is 16.1. The molecule has 1 saturated carbocycles. The second-order valence-corrected chi connectivity index (χ2v) is 13.3. The first kappa shape index (κ1) is 32.9. The van der Waals surface area contributed by atoms with Gasteiger partial charge in [0.1, 0.15) is 5.75 Å². The van der Waals surface area contributed by atoms with E-state index >= 15 is 8.78 Å². The molecule has 5 rings (SSSR count). The molecule has 1 fully saturated rings. The number of thioether (sulfide) groups is 1. The molecule has 1 heterocycles. The van der Waals surface area contributed by atoms with Crippen molar-refractivity contribution < 1.29 is 32.9 Å². The number of nitrogens with zero attached hydrogens (tertiary/aromatic N) is 1. The molecule has 11 heteroatoms. The van der Waals surface area contributed by atoms with Crippen molar-refractivity contribution in [3.63, 3.8) is 0 Å². The van der Waals surface area contributed by atoms with Crippen LogP contribution in [0.25, 0.3) is 22.4 Å². The Hall–Kier alpha value is -3.53. The molecule has 1 atom stereocenters. The maximum Gasteiger partial charge on any atom is 0.303 e. The van der Waals surface area contributed by atoms with Gasteiger partial charge in [0.15, 0.2) is 23.1 Å². The molecule has 0 amide bonds. The molecule has 1 unspecified atom stereocenters. The van der Waals surface area contributed by atoms with Crippen LogP contribution < -0.4 is 14.2 Å². The second-order valence-electron chi connectivity index (χ2n) is 10.9. The van der Waals surface area contributed by atoms with Crippen LogP contribution in [0, 0.1) is 11.6 Å². The number of halogens is 4. The highest BCUT2D eigenvalue weighted by atomic mass is 35.5. The third-order valence-corrected chi connectivity index (χ3v) is 8.49. The normalized spacial score (nSPS) is 13.8. The van der Waals surface area contributed by atoms with E-state index in [4.69, 9.17) is 37.4 Å². The molecule has 0 saturated heterocycles. The van der Waals surface area contributed by atoms with Crippen LogP contribution in [-0.2, 0) is 4.79 Å². The molecular formula is C34H31Cl2F2NO5S. The zero-order chi connectivity index (χ0) is 32.1. The summed E-state index contributed by atoms with van der Waals surface area (Å²) in [6.45, 7) is 4.09. The quantitative estimate of drug-likeness (QED) is 0.112. The highest BCUT2D eigenvalue weighted by Gasteiger charge is 2.24. The van der Waals surface area contributed by atoms with Crippen LogP contribution in [0.2, 0.25) is 10.0 Å². The van der Waals surface area contributed by atoms with Gasteiger partial charge in [0.25, 0.3) is 0 Å². The average molecular weight is 675 g/mol. The predicted octanol–water partition coefficient (Wildman–Crippen LogP) is 10.1. The number of aromatic nitrogens is 1. The van der Waals surface area contributed by atoms with Crippen molar-refractivity contribution >= 4 is 40.9 Å². The summed E-state index contributed by atoms with van der Waals surface area (Å²) in [6, 6.07) is 18.2. The Kier molecular flexibility index (Phi) is 10.7. The van der Waals surface area contributed by atoms with Gasteiger partial charge < -0.3 is 19.3 Å². The topological polar surface area (TPSA) is 77.9 Å². The zero-order valence-corrected chi connectivity index (χ0v) is 26.9.